The van der Waals surface area contributed by atoms with E-state index in [1.165, 1.54) is 0 Å². The molecule has 2 rings (SSSR count). The maximum Gasteiger partial charge on any atom is 0.272 e. The minimum Gasteiger partial charge on any atom is -0.370 e. The minimum absolute atomic E-state index is 0.0122. The zero-order valence-corrected chi connectivity index (χ0v) is 14.8. The molecule has 0 saturated carbocycles. The van der Waals surface area contributed by atoms with Crippen LogP contribution in [0.3, 0.4) is 0 Å². The van der Waals surface area contributed by atoms with Crippen molar-refractivity contribution in [2.75, 3.05) is 44.6 Å². The van der Waals surface area contributed by atoms with Gasteiger partial charge in [0.1, 0.15) is 17.3 Å². The third-order valence-electron chi connectivity index (χ3n) is 4.19. The van der Waals surface area contributed by atoms with Gasteiger partial charge in [0.25, 0.3) is 5.91 Å². The van der Waals surface area contributed by atoms with E-state index in [-0.39, 0.29) is 5.91 Å². The Kier molecular flexibility index (Phi) is 6.33. The molecule has 23 heavy (non-hydrogen) atoms. The molecule has 6 nitrogen and oxygen atoms in total. The summed E-state index contributed by atoms with van der Waals surface area (Å²) in [7, 11) is 0. The number of aryl methyl sites for hydroxylation is 1. The van der Waals surface area contributed by atoms with Crippen LogP contribution in [0.25, 0.3) is 0 Å². The molecule has 0 bridgehead atoms. The number of carbonyl (C=O) groups is 1. The van der Waals surface area contributed by atoms with Crippen molar-refractivity contribution in [1.82, 2.24) is 19.8 Å². The van der Waals surface area contributed by atoms with Gasteiger partial charge in [-0.25, -0.2) is 9.97 Å². The molecule has 1 aromatic heterocycles. The first-order valence-electron chi connectivity index (χ1n) is 8.60. The zero-order valence-electron chi connectivity index (χ0n) is 14.8. The number of piperazine rings is 1. The van der Waals surface area contributed by atoms with Crippen molar-refractivity contribution in [2.24, 2.45) is 5.92 Å². The number of hydrogen-bond acceptors (Lipinski definition) is 5. The van der Waals surface area contributed by atoms with E-state index in [9.17, 15) is 4.79 Å². The molecular formula is C17H29N5O. The van der Waals surface area contributed by atoms with Gasteiger partial charge in [0.15, 0.2) is 0 Å². The fourth-order valence-electron chi connectivity index (χ4n) is 2.69. The number of amides is 1. The van der Waals surface area contributed by atoms with E-state index in [0.29, 0.717) is 17.4 Å². The Morgan fingerprint density at radius 1 is 1.26 bits per heavy atom. The van der Waals surface area contributed by atoms with Gasteiger partial charge < -0.3 is 15.1 Å². The Balaban J connectivity index is 2.01. The summed E-state index contributed by atoms with van der Waals surface area (Å²) in [5, 5.41) is 3.30. The average Bonchev–Trinajstić information content (AvgIpc) is 2.53. The van der Waals surface area contributed by atoms with Crippen molar-refractivity contribution in [3.63, 3.8) is 0 Å². The van der Waals surface area contributed by atoms with E-state index in [0.717, 1.165) is 51.5 Å². The largest absolute Gasteiger partial charge is 0.370 e. The molecule has 0 unspecified atom stereocenters. The molecule has 2 heterocycles. The van der Waals surface area contributed by atoms with Gasteiger partial charge in [-0.05, 0) is 25.8 Å². The highest BCUT2D eigenvalue weighted by Crippen LogP contribution is 2.12. The maximum absolute atomic E-state index is 12.7. The normalized spacial score (nSPS) is 16.0. The lowest BCUT2D eigenvalue weighted by Crippen LogP contribution is -2.48. The molecule has 0 radical (unpaired) electrons. The van der Waals surface area contributed by atoms with Gasteiger partial charge in [-0.3, -0.25) is 4.79 Å². The summed E-state index contributed by atoms with van der Waals surface area (Å²) in [5.74, 6) is 2.03. The Morgan fingerprint density at radius 3 is 2.57 bits per heavy atom. The first kappa shape index (κ1) is 17.7. The number of rotatable bonds is 6. The van der Waals surface area contributed by atoms with Crippen molar-refractivity contribution in [1.29, 1.82) is 0 Å². The number of aromatic nitrogens is 2. The van der Waals surface area contributed by atoms with Crippen LogP contribution >= 0.6 is 0 Å². The number of carbonyl (C=O) groups excluding carboxylic acids is 1. The highest BCUT2D eigenvalue weighted by Gasteiger charge is 2.22. The molecule has 1 saturated heterocycles. The minimum atomic E-state index is 0.0122. The van der Waals surface area contributed by atoms with Gasteiger partial charge in [0.05, 0.1) is 0 Å². The predicted octanol–water partition coefficient (Wildman–Crippen LogP) is 2.02. The molecule has 0 aliphatic carbocycles. The number of anilines is 1. The summed E-state index contributed by atoms with van der Waals surface area (Å²) in [6.07, 6.45) is 1.07. The van der Waals surface area contributed by atoms with Crippen molar-refractivity contribution in [2.45, 2.75) is 34.1 Å². The van der Waals surface area contributed by atoms with Crippen molar-refractivity contribution < 1.29 is 4.79 Å². The second-order valence-corrected chi connectivity index (χ2v) is 6.52. The van der Waals surface area contributed by atoms with Gasteiger partial charge in [-0.2, -0.15) is 0 Å². The molecule has 6 heteroatoms. The van der Waals surface area contributed by atoms with Gasteiger partial charge in [-0.1, -0.05) is 20.8 Å². The van der Waals surface area contributed by atoms with Crippen molar-refractivity contribution in [3.8, 4) is 0 Å². The monoisotopic (exact) mass is 319 g/mol. The van der Waals surface area contributed by atoms with Gasteiger partial charge in [-0.15, -0.1) is 0 Å². The molecule has 0 spiro atoms. The van der Waals surface area contributed by atoms with Gasteiger partial charge >= 0.3 is 0 Å². The van der Waals surface area contributed by atoms with Crippen LogP contribution in [0.1, 0.15) is 43.5 Å². The fourth-order valence-corrected chi connectivity index (χ4v) is 2.69. The Labute approximate surface area is 139 Å². The maximum atomic E-state index is 12.7. The summed E-state index contributed by atoms with van der Waals surface area (Å²) in [5.41, 5.74) is 0.495. The fraction of sp³-hybridized carbons (Fsp3) is 0.706. The lowest BCUT2D eigenvalue weighted by Gasteiger charge is -2.33. The second kappa shape index (κ2) is 8.24. The van der Waals surface area contributed by atoms with E-state index in [2.05, 4.69) is 41.0 Å². The molecule has 1 aliphatic rings. The molecule has 1 aromatic rings. The highest BCUT2D eigenvalue weighted by atomic mass is 16.2. The van der Waals surface area contributed by atoms with Gasteiger partial charge in [0, 0.05) is 38.8 Å². The van der Waals surface area contributed by atoms with Crippen LogP contribution in [-0.2, 0) is 0 Å². The Bertz CT molecular complexity index is 524. The molecule has 1 N–H and O–H groups in total. The van der Waals surface area contributed by atoms with Crippen LogP contribution in [-0.4, -0.2) is 64.9 Å². The standard InChI is InChI=1S/C17H29N5O/c1-5-21-8-10-22(11-9-21)17(23)15-12-16(20-14(4)19-15)18-7-6-13(2)3/h12-13H,5-11H2,1-4H3,(H,18,19,20). The molecule has 0 atom stereocenters. The molecule has 0 aromatic carbocycles. The quantitative estimate of drug-likeness (QED) is 0.869. The summed E-state index contributed by atoms with van der Waals surface area (Å²) < 4.78 is 0. The number of nitrogens with zero attached hydrogens (tertiary/aromatic N) is 4. The van der Waals surface area contributed by atoms with E-state index >= 15 is 0 Å². The number of hydrogen-bond donors (Lipinski definition) is 1. The third-order valence-corrected chi connectivity index (χ3v) is 4.19. The van der Waals surface area contributed by atoms with Crippen LogP contribution in [0.15, 0.2) is 6.07 Å². The number of likely N-dealkylation sites (N-methyl/N-ethyl adjacent to an activating group) is 1. The summed E-state index contributed by atoms with van der Waals surface area (Å²) >= 11 is 0. The lowest BCUT2D eigenvalue weighted by atomic mass is 10.1. The van der Waals surface area contributed by atoms with E-state index < -0.39 is 0 Å². The SMILES string of the molecule is CCN1CCN(C(=O)c2cc(NCCC(C)C)nc(C)n2)CC1. The topological polar surface area (TPSA) is 61.4 Å². The average molecular weight is 319 g/mol. The molecule has 1 amide bonds. The van der Waals surface area contributed by atoms with Gasteiger partial charge in [0.2, 0.25) is 0 Å². The second-order valence-electron chi connectivity index (χ2n) is 6.52. The number of nitrogens with one attached hydrogen (secondary N) is 1. The Morgan fingerprint density at radius 2 is 1.96 bits per heavy atom. The van der Waals surface area contributed by atoms with Crippen LogP contribution in [0.2, 0.25) is 0 Å². The molecular weight excluding hydrogens is 290 g/mol. The lowest BCUT2D eigenvalue weighted by molar-refractivity contribution is 0.0637. The molecule has 1 aliphatic heterocycles. The first-order chi connectivity index (χ1) is 11.0. The van der Waals surface area contributed by atoms with Crippen molar-refractivity contribution in [3.05, 3.63) is 17.6 Å². The van der Waals surface area contributed by atoms with Crippen LogP contribution < -0.4 is 5.32 Å². The summed E-state index contributed by atoms with van der Waals surface area (Å²) in [4.78, 5) is 25.6. The van der Waals surface area contributed by atoms with Crippen LogP contribution in [0.5, 0.6) is 0 Å². The highest BCUT2D eigenvalue weighted by molar-refractivity contribution is 5.93. The third kappa shape index (κ3) is 5.16. The Hall–Kier alpha value is -1.69. The molecule has 1 fully saturated rings. The van der Waals surface area contributed by atoms with E-state index in [1.807, 2.05) is 11.8 Å². The van der Waals surface area contributed by atoms with Crippen LogP contribution in [0, 0.1) is 12.8 Å². The first-order valence-corrected chi connectivity index (χ1v) is 8.60. The zero-order chi connectivity index (χ0) is 16.8. The van der Waals surface area contributed by atoms with Crippen LogP contribution in [0.4, 0.5) is 5.82 Å². The summed E-state index contributed by atoms with van der Waals surface area (Å²) in [6.45, 7) is 13.7. The van der Waals surface area contributed by atoms with E-state index in [4.69, 9.17) is 0 Å². The van der Waals surface area contributed by atoms with E-state index in [1.54, 1.807) is 6.07 Å². The van der Waals surface area contributed by atoms with Crippen molar-refractivity contribution >= 4 is 11.7 Å². The smallest absolute Gasteiger partial charge is 0.272 e. The predicted molar refractivity (Wildman–Crippen MR) is 92.7 cm³/mol. The summed E-state index contributed by atoms with van der Waals surface area (Å²) in [6, 6.07) is 1.78. The molecule has 128 valence electrons.